The second-order valence-electron chi connectivity index (χ2n) is 5.20. The number of hydrogen-bond acceptors (Lipinski definition) is 1. The number of anilines is 1. The minimum absolute atomic E-state index is 0.0859. The van der Waals surface area contributed by atoms with Gasteiger partial charge in [-0.1, -0.05) is 43.6 Å². The Hall–Kier alpha value is -1.87. The van der Waals surface area contributed by atoms with Crippen LogP contribution in [0.3, 0.4) is 0 Å². The molecule has 0 heterocycles. The molecule has 0 aliphatic rings. The summed E-state index contributed by atoms with van der Waals surface area (Å²) >= 11 is 5.91. The number of nitrogens with one attached hydrogen (secondary N) is 1. The van der Waals surface area contributed by atoms with Crippen LogP contribution in [0.5, 0.6) is 0 Å². The molecule has 2 aromatic carbocycles. The van der Waals surface area contributed by atoms with E-state index < -0.39 is 5.82 Å². The van der Waals surface area contributed by atoms with Gasteiger partial charge in [0.15, 0.2) is 0 Å². The van der Waals surface area contributed by atoms with E-state index >= 15 is 0 Å². The molecule has 0 aliphatic carbocycles. The molecule has 0 saturated carbocycles. The highest BCUT2D eigenvalue weighted by molar-refractivity contribution is 6.31. The lowest BCUT2D eigenvalue weighted by Crippen LogP contribution is -2.15. The largest absolute Gasteiger partial charge is 0.326 e. The van der Waals surface area contributed by atoms with Gasteiger partial charge in [0.25, 0.3) is 0 Å². The van der Waals surface area contributed by atoms with Gasteiger partial charge < -0.3 is 5.32 Å². The summed E-state index contributed by atoms with van der Waals surface area (Å²) in [7, 11) is 0. The van der Waals surface area contributed by atoms with Crippen LogP contribution in [-0.4, -0.2) is 5.91 Å². The van der Waals surface area contributed by atoms with E-state index in [4.69, 9.17) is 11.6 Å². The average molecular weight is 306 g/mol. The summed E-state index contributed by atoms with van der Waals surface area (Å²) in [5, 5.41) is 3.01. The number of carbonyl (C=O) groups is 1. The van der Waals surface area contributed by atoms with E-state index in [-0.39, 0.29) is 22.9 Å². The van der Waals surface area contributed by atoms with Crippen molar-refractivity contribution in [2.75, 3.05) is 5.32 Å². The Morgan fingerprint density at radius 3 is 2.43 bits per heavy atom. The van der Waals surface area contributed by atoms with Crippen LogP contribution >= 0.6 is 11.6 Å². The van der Waals surface area contributed by atoms with Crippen molar-refractivity contribution in [2.45, 2.75) is 26.2 Å². The van der Waals surface area contributed by atoms with Gasteiger partial charge in [-0.3, -0.25) is 4.79 Å². The molecule has 0 aliphatic heterocycles. The maximum Gasteiger partial charge on any atom is 0.228 e. The summed E-state index contributed by atoms with van der Waals surface area (Å²) in [5.74, 6) is -0.320. The molecule has 110 valence electrons. The van der Waals surface area contributed by atoms with Crippen LogP contribution in [0, 0.1) is 5.82 Å². The summed E-state index contributed by atoms with van der Waals surface area (Å²) in [6.07, 6.45) is -0.0859. The van der Waals surface area contributed by atoms with Crippen molar-refractivity contribution in [3.05, 3.63) is 64.4 Å². The molecule has 2 aromatic rings. The highest BCUT2D eigenvalue weighted by Crippen LogP contribution is 2.21. The van der Waals surface area contributed by atoms with Crippen molar-refractivity contribution >= 4 is 23.2 Å². The molecule has 0 unspecified atom stereocenters. The second-order valence-corrected chi connectivity index (χ2v) is 5.61. The maximum absolute atomic E-state index is 13.6. The molecule has 2 nitrogen and oxygen atoms in total. The highest BCUT2D eigenvalue weighted by atomic mass is 35.5. The Morgan fingerprint density at radius 2 is 1.86 bits per heavy atom. The van der Waals surface area contributed by atoms with E-state index in [0.717, 1.165) is 0 Å². The minimum Gasteiger partial charge on any atom is -0.326 e. The molecule has 0 radical (unpaired) electrons. The first-order valence-electron chi connectivity index (χ1n) is 6.80. The monoisotopic (exact) mass is 305 g/mol. The molecule has 4 heteroatoms. The summed E-state index contributed by atoms with van der Waals surface area (Å²) < 4.78 is 13.6. The normalized spacial score (nSPS) is 10.7. The van der Waals surface area contributed by atoms with Crippen molar-refractivity contribution in [1.82, 2.24) is 0 Å². The first-order chi connectivity index (χ1) is 9.97. The Bertz CT molecular complexity index is 617. The fourth-order valence-corrected chi connectivity index (χ4v) is 2.25. The lowest BCUT2D eigenvalue weighted by atomic mass is 10.0. The fourth-order valence-electron chi connectivity index (χ4n) is 2.02. The SMILES string of the molecule is CC(C)c1ccc(NC(=O)Cc2c(F)cccc2Cl)cc1. The number of amides is 1. The minimum atomic E-state index is -0.465. The van der Waals surface area contributed by atoms with E-state index in [2.05, 4.69) is 19.2 Å². The summed E-state index contributed by atoms with van der Waals surface area (Å²) in [6, 6.07) is 12.0. The van der Waals surface area contributed by atoms with E-state index in [1.807, 2.05) is 24.3 Å². The van der Waals surface area contributed by atoms with Crippen molar-refractivity contribution in [1.29, 1.82) is 0 Å². The topological polar surface area (TPSA) is 29.1 Å². The Morgan fingerprint density at radius 1 is 1.19 bits per heavy atom. The average Bonchev–Trinajstić information content (AvgIpc) is 2.43. The third-order valence-corrected chi connectivity index (χ3v) is 3.61. The van der Waals surface area contributed by atoms with Gasteiger partial charge in [-0.25, -0.2) is 4.39 Å². The molecule has 1 N–H and O–H groups in total. The Balaban J connectivity index is 2.05. The number of benzene rings is 2. The van der Waals surface area contributed by atoms with Gasteiger partial charge in [0, 0.05) is 16.3 Å². The Kier molecular flexibility index (Phi) is 4.97. The molecular weight excluding hydrogens is 289 g/mol. The zero-order valence-corrected chi connectivity index (χ0v) is 12.7. The molecule has 0 atom stereocenters. The van der Waals surface area contributed by atoms with Crippen LogP contribution in [0.2, 0.25) is 5.02 Å². The van der Waals surface area contributed by atoms with E-state index in [1.54, 1.807) is 6.07 Å². The van der Waals surface area contributed by atoms with Gasteiger partial charge in [-0.2, -0.15) is 0 Å². The van der Waals surface area contributed by atoms with E-state index in [0.29, 0.717) is 11.6 Å². The van der Waals surface area contributed by atoms with Gasteiger partial charge in [0.1, 0.15) is 5.82 Å². The second kappa shape index (κ2) is 6.72. The van der Waals surface area contributed by atoms with Crippen LogP contribution in [0.25, 0.3) is 0 Å². The third-order valence-electron chi connectivity index (χ3n) is 3.26. The molecule has 0 aromatic heterocycles. The van der Waals surface area contributed by atoms with Crippen molar-refractivity contribution < 1.29 is 9.18 Å². The van der Waals surface area contributed by atoms with Crippen molar-refractivity contribution in [2.24, 2.45) is 0 Å². The standard InChI is InChI=1S/C17H17ClFNO/c1-11(2)12-6-8-13(9-7-12)20-17(21)10-14-15(18)4-3-5-16(14)19/h3-9,11H,10H2,1-2H3,(H,20,21). The first-order valence-corrected chi connectivity index (χ1v) is 7.18. The van der Waals surface area contributed by atoms with Gasteiger partial charge in [0.2, 0.25) is 5.91 Å². The molecule has 1 amide bonds. The third kappa shape index (κ3) is 4.05. The molecule has 0 fully saturated rings. The molecule has 0 bridgehead atoms. The number of carbonyl (C=O) groups excluding carboxylic acids is 1. The molecule has 0 spiro atoms. The van der Waals surface area contributed by atoms with Gasteiger partial charge in [-0.05, 0) is 35.7 Å². The van der Waals surface area contributed by atoms with Crippen molar-refractivity contribution in [3.8, 4) is 0 Å². The summed E-state index contributed by atoms with van der Waals surface area (Å²) in [6.45, 7) is 4.21. The number of halogens is 2. The van der Waals surface area contributed by atoms with Gasteiger partial charge in [-0.15, -0.1) is 0 Å². The van der Waals surface area contributed by atoms with Crippen LogP contribution in [0.4, 0.5) is 10.1 Å². The van der Waals surface area contributed by atoms with Crippen LogP contribution in [-0.2, 0) is 11.2 Å². The molecule has 21 heavy (non-hydrogen) atoms. The predicted molar refractivity (Wildman–Crippen MR) is 84.3 cm³/mol. The van der Waals surface area contributed by atoms with Crippen LogP contribution in [0.15, 0.2) is 42.5 Å². The van der Waals surface area contributed by atoms with Crippen molar-refractivity contribution in [3.63, 3.8) is 0 Å². The lowest BCUT2D eigenvalue weighted by Gasteiger charge is -2.09. The molecule has 2 rings (SSSR count). The fraction of sp³-hybridized carbons (Fsp3) is 0.235. The predicted octanol–water partition coefficient (Wildman–Crippen LogP) is 4.78. The summed E-state index contributed by atoms with van der Waals surface area (Å²) in [5.41, 5.74) is 2.11. The van der Waals surface area contributed by atoms with E-state index in [1.165, 1.54) is 17.7 Å². The number of hydrogen-bond donors (Lipinski definition) is 1. The zero-order chi connectivity index (χ0) is 15.4. The first kappa shape index (κ1) is 15.5. The van der Waals surface area contributed by atoms with Gasteiger partial charge in [0.05, 0.1) is 6.42 Å². The van der Waals surface area contributed by atoms with Gasteiger partial charge >= 0.3 is 0 Å². The van der Waals surface area contributed by atoms with Crippen LogP contribution < -0.4 is 5.32 Å². The van der Waals surface area contributed by atoms with E-state index in [9.17, 15) is 9.18 Å². The maximum atomic E-state index is 13.6. The quantitative estimate of drug-likeness (QED) is 0.865. The highest BCUT2D eigenvalue weighted by Gasteiger charge is 2.12. The molecule has 0 saturated heterocycles. The lowest BCUT2D eigenvalue weighted by molar-refractivity contribution is -0.115. The zero-order valence-electron chi connectivity index (χ0n) is 12.0. The number of rotatable bonds is 4. The Labute approximate surface area is 128 Å². The smallest absolute Gasteiger partial charge is 0.228 e. The molecular formula is C17H17ClFNO. The van der Waals surface area contributed by atoms with Crippen LogP contribution in [0.1, 0.15) is 30.9 Å². The summed E-state index contributed by atoms with van der Waals surface area (Å²) in [4.78, 5) is 12.0.